The number of thioether (sulfide) groups is 1. The van der Waals surface area contributed by atoms with Gasteiger partial charge < -0.3 is 39.2 Å². The lowest BCUT2D eigenvalue weighted by atomic mass is 9.77. The second kappa shape index (κ2) is 24.5. The van der Waals surface area contributed by atoms with E-state index in [0.29, 0.717) is 12.3 Å². The Kier molecular flexibility index (Phi) is 19.4. The van der Waals surface area contributed by atoms with Crippen molar-refractivity contribution in [2.75, 3.05) is 42.7 Å². The summed E-state index contributed by atoms with van der Waals surface area (Å²) in [6.07, 6.45) is -1.73. The van der Waals surface area contributed by atoms with E-state index in [0.717, 1.165) is 67.6 Å². The van der Waals surface area contributed by atoms with Crippen LogP contribution < -0.4 is 29.6 Å². The zero-order valence-electron chi connectivity index (χ0n) is 52.3. The molecule has 2 amide bonds. The summed E-state index contributed by atoms with van der Waals surface area (Å²) in [5, 5.41) is 6.26. The SMILES string of the molecule is CC(C)(C)OC(=O)N1CCc2c(cccc2C(C)(C)C)C1.CC(C)(C)c1ccc2c(c1)NC(=O)CS2.CC(C)(C)c1ccc2c(c1)NCCO2.CC(C)(C)c1ccc2c(c1)OC(F)(F)O2.CC(C)(C)c1ccc2c(c1)OCCC2(C)C. The Labute approximate surface area is 488 Å². The minimum atomic E-state index is -3.53. The van der Waals surface area contributed by atoms with Gasteiger partial charge in [0, 0.05) is 24.5 Å². The van der Waals surface area contributed by atoms with E-state index in [2.05, 4.69) is 190 Å². The fourth-order valence-electron chi connectivity index (χ4n) is 9.58. The Balaban J connectivity index is 0.000000164. The number of alkyl halides is 2. The Morgan fingerprint density at radius 3 is 1.74 bits per heavy atom. The van der Waals surface area contributed by atoms with E-state index in [1.165, 1.54) is 49.9 Å². The summed E-state index contributed by atoms with van der Waals surface area (Å²) in [5.74, 6) is 2.88. The number of carbonyl (C=O) groups is 2. The standard InChI is InChI=1S/C18H27NO2.C15H22O.C12H15NOS.C12H17NO.C11H12F2O2/c1-17(2,3)15-9-7-8-13-12-19(11-10-14(13)15)16(20)21-18(4,5)6;1-14(2,3)11-6-7-12-13(10-11)16-9-8-15(12,4)5;1-12(2,3)8-4-5-10-9(6-8)13-11(14)7-15-10;1-12(2,3)9-4-5-11-10(8-9)13-6-7-14-11;1-10(2,3)7-4-5-8-9(6-7)15-11(12,13)14-8/h7-9H,10-12H2,1-6H3;6-7,10H,8-9H2,1-5H3;4-6H,7H2,1-3H3,(H,13,14);4-5,8,13H,6-7H2,1-3H3;4-6H,1-3H3. The van der Waals surface area contributed by atoms with Crippen LogP contribution in [-0.4, -0.2) is 60.9 Å². The van der Waals surface area contributed by atoms with Gasteiger partial charge in [-0.2, -0.15) is 0 Å². The summed E-state index contributed by atoms with van der Waals surface area (Å²) in [7, 11) is 0. The molecule has 0 unspecified atom stereocenters. The lowest BCUT2D eigenvalue weighted by Crippen LogP contribution is -2.40. The topological polar surface area (TPSA) is 108 Å². The highest BCUT2D eigenvalue weighted by Gasteiger charge is 2.44. The summed E-state index contributed by atoms with van der Waals surface area (Å²) >= 11 is 1.60. The summed E-state index contributed by atoms with van der Waals surface area (Å²) in [6, 6.07) is 30.7. The van der Waals surface area contributed by atoms with Crippen molar-refractivity contribution in [3.63, 3.8) is 0 Å². The molecule has 5 heterocycles. The van der Waals surface area contributed by atoms with Crippen molar-refractivity contribution in [3.05, 3.63) is 136 Å². The smallest absolute Gasteiger partial charge is 0.493 e. The third-order valence-electron chi connectivity index (χ3n) is 14.6. The van der Waals surface area contributed by atoms with Gasteiger partial charge in [-0.1, -0.05) is 166 Å². The third kappa shape index (κ3) is 17.8. The summed E-state index contributed by atoms with van der Waals surface area (Å²) < 4.78 is 50.9. The number of ether oxygens (including phenoxy) is 5. The van der Waals surface area contributed by atoms with E-state index < -0.39 is 11.9 Å². The molecule has 0 aliphatic carbocycles. The number of halogens is 2. The predicted molar refractivity (Wildman–Crippen MR) is 329 cm³/mol. The number of hydrogen-bond donors (Lipinski definition) is 2. The van der Waals surface area contributed by atoms with Gasteiger partial charge in [0.15, 0.2) is 11.5 Å². The van der Waals surface area contributed by atoms with E-state index in [9.17, 15) is 18.4 Å². The lowest BCUT2D eigenvalue weighted by Gasteiger charge is -2.34. The Hall–Kier alpha value is -5.95. The van der Waals surface area contributed by atoms with Gasteiger partial charge in [0.1, 0.15) is 23.7 Å². The van der Waals surface area contributed by atoms with E-state index in [4.69, 9.17) is 14.2 Å². The maximum Gasteiger partial charge on any atom is 0.586 e. The monoisotopic (exact) mass is 1130 g/mol. The van der Waals surface area contributed by atoms with Crippen LogP contribution in [0.1, 0.15) is 189 Å². The minimum absolute atomic E-state index is 0.0907. The van der Waals surface area contributed by atoms with E-state index in [1.807, 2.05) is 41.5 Å². The van der Waals surface area contributed by atoms with Crippen LogP contribution >= 0.6 is 11.8 Å². The Morgan fingerprint density at radius 2 is 1.15 bits per heavy atom. The molecule has 0 spiro atoms. The molecule has 0 fully saturated rings. The molecule has 0 saturated carbocycles. The second-order valence-corrected chi connectivity index (χ2v) is 29.4. The average molecular weight is 1130 g/mol. The summed E-state index contributed by atoms with van der Waals surface area (Å²) in [6.45, 7) is 46.8. The van der Waals surface area contributed by atoms with Crippen molar-refractivity contribution in [1.82, 2.24) is 4.90 Å². The van der Waals surface area contributed by atoms with Gasteiger partial charge in [-0.15, -0.1) is 20.5 Å². The van der Waals surface area contributed by atoms with Gasteiger partial charge in [0.05, 0.1) is 23.7 Å². The van der Waals surface area contributed by atoms with Crippen molar-refractivity contribution in [3.8, 4) is 23.0 Å². The zero-order valence-corrected chi connectivity index (χ0v) is 53.1. The largest absolute Gasteiger partial charge is 0.586 e. The molecule has 81 heavy (non-hydrogen) atoms. The molecule has 10 nitrogen and oxygen atoms in total. The molecule has 10 rings (SSSR count). The van der Waals surface area contributed by atoms with Crippen LogP contribution in [0, 0.1) is 0 Å². The number of rotatable bonds is 0. The van der Waals surface area contributed by atoms with Crippen LogP contribution in [0.15, 0.2) is 95.9 Å². The number of nitrogens with one attached hydrogen (secondary N) is 2. The number of benzene rings is 5. The zero-order chi connectivity index (χ0) is 60.3. The van der Waals surface area contributed by atoms with Gasteiger partial charge in [0.25, 0.3) is 0 Å². The molecule has 5 aromatic rings. The molecular weight excluding hydrogens is 1040 g/mol. The normalized spacial score (nSPS) is 16.7. The number of fused-ring (bicyclic) bond motifs is 5. The van der Waals surface area contributed by atoms with Gasteiger partial charge in [-0.25, -0.2) is 4.79 Å². The minimum Gasteiger partial charge on any atom is -0.493 e. The first kappa shape index (κ1) is 64.2. The van der Waals surface area contributed by atoms with Crippen molar-refractivity contribution < 1.29 is 42.1 Å². The number of amides is 2. The van der Waals surface area contributed by atoms with E-state index in [1.54, 1.807) is 28.8 Å². The Morgan fingerprint density at radius 1 is 0.617 bits per heavy atom. The quantitative estimate of drug-likeness (QED) is 0.157. The van der Waals surface area contributed by atoms with E-state index in [-0.39, 0.29) is 56.0 Å². The average Bonchev–Trinajstić information content (AvgIpc) is 3.75. The third-order valence-corrected chi connectivity index (χ3v) is 15.6. The molecule has 0 radical (unpaired) electrons. The van der Waals surface area contributed by atoms with Crippen molar-refractivity contribution in [1.29, 1.82) is 0 Å². The molecule has 0 bridgehead atoms. The highest BCUT2D eigenvalue weighted by molar-refractivity contribution is 8.00. The van der Waals surface area contributed by atoms with Crippen LogP contribution in [0.25, 0.3) is 0 Å². The second-order valence-electron chi connectivity index (χ2n) is 28.4. The summed E-state index contributed by atoms with van der Waals surface area (Å²) in [5.41, 5.74) is 12.7. The molecule has 442 valence electrons. The Bertz CT molecular complexity index is 3020. The van der Waals surface area contributed by atoms with Crippen LogP contribution in [0.4, 0.5) is 25.0 Å². The first-order valence-corrected chi connectivity index (χ1v) is 29.5. The highest BCUT2D eigenvalue weighted by Crippen LogP contribution is 2.44. The number of hydrogen-bond acceptors (Lipinski definition) is 9. The molecule has 5 aliphatic heterocycles. The molecule has 5 aliphatic rings. The maximum absolute atomic E-state index is 12.7. The summed E-state index contributed by atoms with van der Waals surface area (Å²) in [4.78, 5) is 26.4. The number of anilines is 2. The maximum atomic E-state index is 12.7. The van der Waals surface area contributed by atoms with Crippen LogP contribution in [-0.2, 0) is 55.0 Å². The van der Waals surface area contributed by atoms with Crippen LogP contribution in [0.3, 0.4) is 0 Å². The van der Waals surface area contributed by atoms with E-state index >= 15 is 0 Å². The van der Waals surface area contributed by atoms with Gasteiger partial charge in [0.2, 0.25) is 5.91 Å². The predicted octanol–water partition coefficient (Wildman–Crippen LogP) is 17.4. The van der Waals surface area contributed by atoms with Gasteiger partial charge >= 0.3 is 12.4 Å². The fraction of sp³-hybridized carbons (Fsp3) is 0.529. The molecule has 0 atom stereocenters. The first-order valence-electron chi connectivity index (χ1n) is 28.6. The molecule has 13 heteroatoms. The highest BCUT2D eigenvalue weighted by atomic mass is 32.2. The van der Waals surface area contributed by atoms with Crippen molar-refractivity contribution >= 4 is 35.1 Å². The molecule has 5 aromatic carbocycles. The number of nitrogens with zero attached hydrogens (tertiary/aromatic N) is 1. The van der Waals surface area contributed by atoms with Crippen molar-refractivity contribution in [2.45, 2.75) is 207 Å². The van der Waals surface area contributed by atoms with Gasteiger partial charge in [-0.3, -0.25) is 4.79 Å². The van der Waals surface area contributed by atoms with Crippen LogP contribution in [0.2, 0.25) is 0 Å². The molecular formula is C68H93F2N3O7S. The molecule has 0 aromatic heterocycles. The van der Waals surface area contributed by atoms with Crippen molar-refractivity contribution in [2.24, 2.45) is 0 Å². The van der Waals surface area contributed by atoms with Crippen LogP contribution in [0.5, 0.6) is 23.0 Å². The fourth-order valence-corrected chi connectivity index (χ4v) is 10.4. The molecule has 0 saturated heterocycles. The number of carbonyl (C=O) groups excluding carboxylic acids is 2. The molecule has 2 N–H and O–H groups in total. The lowest BCUT2D eigenvalue weighted by molar-refractivity contribution is -0.286. The first-order chi connectivity index (χ1) is 37.2. The van der Waals surface area contributed by atoms with Gasteiger partial charge in [-0.05, 0) is 153 Å².